The lowest BCUT2D eigenvalue weighted by atomic mass is 9.97. The summed E-state index contributed by atoms with van der Waals surface area (Å²) >= 11 is 0. The molecule has 2 N–H and O–H groups in total. The van der Waals surface area contributed by atoms with Crippen LogP contribution < -0.4 is 10.6 Å². The summed E-state index contributed by atoms with van der Waals surface area (Å²) in [5.41, 5.74) is 3.54. The summed E-state index contributed by atoms with van der Waals surface area (Å²) in [6.07, 6.45) is 0.553. The van der Waals surface area contributed by atoms with E-state index in [0.717, 1.165) is 16.7 Å². The van der Waals surface area contributed by atoms with E-state index in [1.165, 1.54) is 0 Å². The van der Waals surface area contributed by atoms with Crippen LogP contribution in [0.1, 0.15) is 36.0 Å². The molecule has 0 aliphatic heterocycles. The predicted molar refractivity (Wildman–Crippen MR) is 104 cm³/mol. The van der Waals surface area contributed by atoms with Crippen LogP contribution in [-0.4, -0.2) is 24.5 Å². The number of esters is 1. The maximum atomic E-state index is 12.2. The summed E-state index contributed by atoms with van der Waals surface area (Å²) < 4.78 is 5.07. The minimum Gasteiger partial charge on any atom is -0.455 e. The lowest BCUT2D eigenvalue weighted by Crippen LogP contribution is -2.37. The van der Waals surface area contributed by atoms with Crippen molar-refractivity contribution in [3.8, 4) is 0 Å². The van der Waals surface area contributed by atoms with Crippen molar-refractivity contribution in [1.82, 2.24) is 5.32 Å². The van der Waals surface area contributed by atoms with Crippen LogP contribution in [0.25, 0.3) is 0 Å². The molecular formula is C21H24N2O4. The first-order chi connectivity index (χ1) is 12.9. The molecule has 0 fully saturated rings. The second-order valence-electron chi connectivity index (χ2n) is 6.28. The Labute approximate surface area is 158 Å². The maximum absolute atomic E-state index is 12.2. The Hall–Kier alpha value is -3.15. The molecule has 0 aliphatic rings. The third-order valence-corrected chi connectivity index (χ3v) is 4.26. The Balaban J connectivity index is 1.83. The molecule has 0 bridgehead atoms. The second kappa shape index (κ2) is 9.52. The molecule has 0 aromatic heterocycles. The molecule has 2 aromatic carbocycles. The summed E-state index contributed by atoms with van der Waals surface area (Å²) in [5.74, 6) is -1.62. The molecule has 6 nitrogen and oxygen atoms in total. The van der Waals surface area contributed by atoms with E-state index in [1.807, 2.05) is 63.2 Å². The molecule has 1 atom stereocenters. The Morgan fingerprint density at radius 3 is 2.33 bits per heavy atom. The van der Waals surface area contributed by atoms with Crippen LogP contribution in [-0.2, 0) is 14.3 Å². The van der Waals surface area contributed by atoms with Gasteiger partial charge in [0, 0.05) is 5.69 Å². The van der Waals surface area contributed by atoms with Gasteiger partial charge >= 0.3 is 12.0 Å². The molecule has 6 heteroatoms. The van der Waals surface area contributed by atoms with Crippen molar-refractivity contribution in [3.63, 3.8) is 0 Å². The molecule has 0 saturated carbocycles. The fraction of sp³-hybridized carbons (Fsp3) is 0.286. The van der Waals surface area contributed by atoms with Crippen LogP contribution in [0, 0.1) is 13.8 Å². The van der Waals surface area contributed by atoms with Gasteiger partial charge in [0.1, 0.15) is 0 Å². The number of nitrogens with one attached hydrogen (secondary N) is 2. The number of rotatable bonds is 6. The number of imide groups is 1. The zero-order valence-corrected chi connectivity index (χ0v) is 15.7. The molecule has 2 aromatic rings. The summed E-state index contributed by atoms with van der Waals surface area (Å²) in [5, 5.41) is 4.73. The highest BCUT2D eigenvalue weighted by Gasteiger charge is 2.21. The number of hydrogen-bond acceptors (Lipinski definition) is 4. The van der Waals surface area contributed by atoms with Gasteiger partial charge in [-0.25, -0.2) is 4.79 Å². The topological polar surface area (TPSA) is 84.5 Å². The van der Waals surface area contributed by atoms with E-state index >= 15 is 0 Å². The molecule has 142 valence electrons. The van der Waals surface area contributed by atoms with Crippen molar-refractivity contribution in [2.24, 2.45) is 0 Å². The third-order valence-electron chi connectivity index (χ3n) is 4.26. The normalized spacial score (nSPS) is 11.4. The summed E-state index contributed by atoms with van der Waals surface area (Å²) in [4.78, 5) is 36.0. The molecule has 2 rings (SSSR count). The molecule has 0 saturated heterocycles. The Morgan fingerprint density at radius 2 is 1.70 bits per heavy atom. The number of carbonyl (C=O) groups is 3. The summed E-state index contributed by atoms with van der Waals surface area (Å²) in [7, 11) is 0. The number of ether oxygens (including phenoxy) is 1. The van der Waals surface area contributed by atoms with Gasteiger partial charge in [0.2, 0.25) is 0 Å². The first-order valence-corrected chi connectivity index (χ1v) is 8.80. The fourth-order valence-corrected chi connectivity index (χ4v) is 2.61. The molecule has 0 heterocycles. The second-order valence-corrected chi connectivity index (χ2v) is 6.28. The average Bonchev–Trinajstić information content (AvgIpc) is 2.64. The van der Waals surface area contributed by atoms with Gasteiger partial charge in [0.05, 0.1) is 5.92 Å². The zero-order valence-electron chi connectivity index (χ0n) is 15.7. The van der Waals surface area contributed by atoms with Crippen LogP contribution in [0.4, 0.5) is 10.5 Å². The monoisotopic (exact) mass is 368 g/mol. The first-order valence-electron chi connectivity index (χ1n) is 8.80. The highest BCUT2D eigenvalue weighted by Crippen LogP contribution is 2.20. The first kappa shape index (κ1) is 20.2. The highest BCUT2D eigenvalue weighted by atomic mass is 16.5. The van der Waals surface area contributed by atoms with E-state index in [9.17, 15) is 14.4 Å². The van der Waals surface area contributed by atoms with Gasteiger partial charge in [0.15, 0.2) is 6.61 Å². The van der Waals surface area contributed by atoms with E-state index in [0.29, 0.717) is 12.1 Å². The van der Waals surface area contributed by atoms with Gasteiger partial charge in [-0.3, -0.25) is 14.9 Å². The predicted octanol–water partition coefficient (Wildman–Crippen LogP) is 3.69. The van der Waals surface area contributed by atoms with Gasteiger partial charge < -0.3 is 10.1 Å². The lowest BCUT2D eigenvalue weighted by Gasteiger charge is -2.14. The smallest absolute Gasteiger partial charge is 0.325 e. The van der Waals surface area contributed by atoms with Crippen LogP contribution in [0.5, 0.6) is 0 Å². The summed E-state index contributed by atoms with van der Waals surface area (Å²) in [6, 6.07) is 14.0. The van der Waals surface area contributed by atoms with Crippen LogP contribution in [0.15, 0.2) is 48.5 Å². The largest absolute Gasteiger partial charge is 0.455 e. The number of urea groups is 1. The van der Waals surface area contributed by atoms with Gasteiger partial charge in [-0.05, 0) is 49.1 Å². The number of carbonyl (C=O) groups excluding carboxylic acids is 3. The highest BCUT2D eigenvalue weighted by molar-refractivity contribution is 6.02. The Morgan fingerprint density at radius 1 is 1.00 bits per heavy atom. The summed E-state index contributed by atoms with van der Waals surface area (Å²) in [6.45, 7) is 5.26. The molecule has 3 amide bonds. The van der Waals surface area contributed by atoms with Gasteiger partial charge in [-0.2, -0.15) is 0 Å². The molecular weight excluding hydrogens is 344 g/mol. The fourth-order valence-electron chi connectivity index (χ4n) is 2.61. The van der Waals surface area contributed by atoms with Crippen LogP contribution in [0.3, 0.4) is 0 Å². The zero-order chi connectivity index (χ0) is 19.8. The number of aryl methyl sites for hydroxylation is 2. The van der Waals surface area contributed by atoms with Crippen LogP contribution >= 0.6 is 0 Å². The van der Waals surface area contributed by atoms with E-state index in [1.54, 1.807) is 6.07 Å². The minimum atomic E-state index is -0.687. The number of benzene rings is 2. The molecule has 27 heavy (non-hydrogen) atoms. The average molecular weight is 368 g/mol. The van der Waals surface area contributed by atoms with E-state index < -0.39 is 30.4 Å². The molecule has 0 aliphatic carbocycles. The molecule has 1 unspecified atom stereocenters. The number of amides is 3. The number of hydrogen-bond donors (Lipinski definition) is 2. The van der Waals surface area contributed by atoms with Gasteiger partial charge in [-0.1, -0.05) is 43.3 Å². The standard InChI is InChI=1S/C21H24N2O4/c1-4-18(16-8-6-5-7-9-16)20(25)27-13-19(24)23-21(26)22-17-11-10-14(2)15(3)12-17/h5-12,18H,4,13H2,1-3H3,(H2,22,23,24,26). The molecule has 0 spiro atoms. The maximum Gasteiger partial charge on any atom is 0.325 e. The van der Waals surface area contributed by atoms with Crippen molar-refractivity contribution in [2.75, 3.05) is 11.9 Å². The molecule has 0 radical (unpaired) electrons. The third kappa shape index (κ3) is 5.95. The lowest BCUT2D eigenvalue weighted by molar-refractivity contribution is -0.149. The van der Waals surface area contributed by atoms with Crippen molar-refractivity contribution < 1.29 is 19.1 Å². The quantitative estimate of drug-likeness (QED) is 0.762. The number of anilines is 1. The Bertz CT molecular complexity index is 818. The minimum absolute atomic E-state index is 0.441. The van der Waals surface area contributed by atoms with Gasteiger partial charge in [0.25, 0.3) is 5.91 Å². The van der Waals surface area contributed by atoms with E-state index in [2.05, 4.69) is 10.6 Å². The van der Waals surface area contributed by atoms with Crippen LogP contribution in [0.2, 0.25) is 0 Å². The van der Waals surface area contributed by atoms with Crippen molar-refractivity contribution in [1.29, 1.82) is 0 Å². The van der Waals surface area contributed by atoms with E-state index in [4.69, 9.17) is 4.74 Å². The van der Waals surface area contributed by atoms with Crippen molar-refractivity contribution >= 4 is 23.6 Å². The van der Waals surface area contributed by atoms with Gasteiger partial charge in [-0.15, -0.1) is 0 Å². The van der Waals surface area contributed by atoms with E-state index in [-0.39, 0.29) is 0 Å². The Kier molecular flexibility index (Phi) is 7.11. The van der Waals surface area contributed by atoms with Crippen molar-refractivity contribution in [3.05, 3.63) is 65.2 Å². The SMILES string of the molecule is CCC(C(=O)OCC(=O)NC(=O)Nc1ccc(C)c(C)c1)c1ccccc1. The van der Waals surface area contributed by atoms with Crippen molar-refractivity contribution in [2.45, 2.75) is 33.1 Å².